The number of rotatable bonds is 9. The second-order valence-electron chi connectivity index (χ2n) is 9.17. The fraction of sp³-hybridized carbons (Fsp3) is 0.400. The van der Waals surface area contributed by atoms with Crippen LogP contribution in [0.3, 0.4) is 0 Å². The van der Waals surface area contributed by atoms with Crippen molar-refractivity contribution >= 4 is 68.4 Å². The van der Waals surface area contributed by atoms with Gasteiger partial charge in [-0.15, -0.1) is 11.3 Å². The minimum Gasteiger partial charge on any atom is -0.350 e. The van der Waals surface area contributed by atoms with Crippen molar-refractivity contribution in [2.75, 3.05) is 26.2 Å². The van der Waals surface area contributed by atoms with Crippen LogP contribution in [0.25, 0.3) is 6.08 Å². The Labute approximate surface area is 235 Å². The van der Waals surface area contributed by atoms with Crippen LogP contribution in [-0.2, 0) is 19.6 Å². The minimum atomic E-state index is -3.88. The molecule has 13 heteroatoms. The molecule has 3 amide bonds. The van der Waals surface area contributed by atoms with Crippen molar-refractivity contribution in [3.63, 3.8) is 0 Å². The Morgan fingerprint density at radius 3 is 2.63 bits per heavy atom. The molecule has 0 unspecified atom stereocenters. The lowest BCUT2D eigenvalue weighted by Crippen LogP contribution is -2.55. The van der Waals surface area contributed by atoms with Crippen molar-refractivity contribution < 1.29 is 22.8 Å². The predicted molar refractivity (Wildman–Crippen MR) is 149 cm³/mol. The Morgan fingerprint density at radius 1 is 1.11 bits per heavy atom. The van der Waals surface area contributed by atoms with Crippen LogP contribution < -0.4 is 10.0 Å². The van der Waals surface area contributed by atoms with Crippen LogP contribution in [0.15, 0.2) is 41.8 Å². The number of benzene rings is 1. The molecule has 0 aliphatic carbocycles. The van der Waals surface area contributed by atoms with Crippen LogP contribution in [0.1, 0.15) is 40.9 Å². The normalized spacial score (nSPS) is 20.3. The number of amides is 3. The van der Waals surface area contributed by atoms with E-state index >= 15 is 0 Å². The second-order valence-corrected chi connectivity index (χ2v) is 12.9. The van der Waals surface area contributed by atoms with Gasteiger partial charge in [-0.05, 0) is 62.1 Å². The molecule has 0 radical (unpaired) electrons. The highest BCUT2D eigenvalue weighted by Gasteiger charge is 2.35. The maximum absolute atomic E-state index is 13.1. The summed E-state index contributed by atoms with van der Waals surface area (Å²) in [7, 11) is -3.88. The molecule has 0 bridgehead atoms. The van der Waals surface area contributed by atoms with Gasteiger partial charge in [-0.1, -0.05) is 29.3 Å². The van der Waals surface area contributed by atoms with Gasteiger partial charge in [0, 0.05) is 46.5 Å². The van der Waals surface area contributed by atoms with Gasteiger partial charge >= 0.3 is 0 Å². The smallest absolute Gasteiger partial charge is 0.251 e. The Bertz CT molecular complexity index is 1330. The van der Waals surface area contributed by atoms with Gasteiger partial charge in [-0.3, -0.25) is 14.4 Å². The lowest BCUT2D eigenvalue weighted by atomic mass is 10.1. The number of sulfonamides is 1. The van der Waals surface area contributed by atoms with E-state index in [1.54, 1.807) is 41.3 Å². The van der Waals surface area contributed by atoms with Gasteiger partial charge in [0.1, 0.15) is 6.04 Å². The summed E-state index contributed by atoms with van der Waals surface area (Å²) in [5.74, 6) is -0.925. The Hall–Kier alpha value is -2.44. The molecule has 2 aliphatic heterocycles. The first kappa shape index (κ1) is 28.6. The number of halogens is 2. The average Bonchev–Trinajstić information content (AvgIpc) is 3.52. The Kier molecular flexibility index (Phi) is 9.48. The molecule has 3 heterocycles. The van der Waals surface area contributed by atoms with Crippen molar-refractivity contribution in [1.82, 2.24) is 19.8 Å². The Morgan fingerprint density at radius 2 is 1.89 bits per heavy atom. The molecule has 2 saturated heterocycles. The molecular weight excluding hydrogens is 571 g/mol. The van der Waals surface area contributed by atoms with Gasteiger partial charge in [0.2, 0.25) is 21.8 Å². The number of thiophene rings is 1. The van der Waals surface area contributed by atoms with Crippen molar-refractivity contribution in [1.29, 1.82) is 0 Å². The average molecular weight is 600 g/mol. The molecule has 2 aliphatic rings. The number of carbonyl (C=O) groups excluding carboxylic acids is 3. The van der Waals surface area contributed by atoms with Gasteiger partial charge in [0.15, 0.2) is 0 Å². The van der Waals surface area contributed by atoms with E-state index in [1.807, 2.05) is 0 Å². The standard InChI is InChI=1S/C25H28Cl2N4O5S2/c26-18-5-1-4-17(14-18)24(33)28-15-19-6-2-12-31(19)23(32)16-30-11-3-7-21(25(30)34)29-38(35,36)13-10-20-8-9-22(27)37-20/h1,4-5,8-10,13-14,19,21,29H,2-3,6-7,11-12,15-16H2,(H,28,33)/t19-,21+/m1/s1. The third kappa shape index (κ3) is 7.57. The molecule has 1 aromatic carbocycles. The fourth-order valence-electron chi connectivity index (χ4n) is 4.59. The lowest BCUT2D eigenvalue weighted by molar-refractivity contribution is -0.143. The van der Waals surface area contributed by atoms with Crippen LogP contribution in [-0.4, -0.2) is 74.2 Å². The zero-order valence-electron chi connectivity index (χ0n) is 20.4. The second kappa shape index (κ2) is 12.6. The molecule has 2 N–H and O–H groups in total. The van der Waals surface area contributed by atoms with Crippen LogP contribution in [0, 0.1) is 0 Å². The Balaban J connectivity index is 1.31. The molecule has 1 aromatic heterocycles. The van der Waals surface area contributed by atoms with Gasteiger partial charge in [-0.2, -0.15) is 4.72 Å². The number of nitrogens with one attached hydrogen (secondary N) is 2. The monoisotopic (exact) mass is 598 g/mol. The summed E-state index contributed by atoms with van der Waals surface area (Å²) in [4.78, 5) is 42.4. The van der Waals surface area contributed by atoms with Gasteiger partial charge in [-0.25, -0.2) is 8.42 Å². The third-order valence-electron chi connectivity index (χ3n) is 6.45. The van der Waals surface area contributed by atoms with Crippen molar-refractivity contribution in [2.24, 2.45) is 0 Å². The molecule has 0 spiro atoms. The predicted octanol–water partition coefficient (Wildman–Crippen LogP) is 3.36. The summed E-state index contributed by atoms with van der Waals surface area (Å²) < 4.78 is 28.1. The molecule has 0 saturated carbocycles. The SMILES string of the molecule is O=C(NC[C@H]1CCCN1C(=O)CN1CCC[C@H](NS(=O)(=O)C=Cc2ccc(Cl)s2)C1=O)c1cccc(Cl)c1. The maximum Gasteiger partial charge on any atom is 0.251 e. The van der Waals surface area contributed by atoms with Crippen LogP contribution >= 0.6 is 34.5 Å². The van der Waals surface area contributed by atoms with E-state index < -0.39 is 22.0 Å². The van der Waals surface area contributed by atoms with E-state index in [1.165, 1.54) is 22.3 Å². The number of carbonyl (C=O) groups is 3. The van der Waals surface area contributed by atoms with Gasteiger partial charge in [0.25, 0.3) is 5.91 Å². The highest BCUT2D eigenvalue weighted by Crippen LogP contribution is 2.23. The summed E-state index contributed by atoms with van der Waals surface area (Å²) in [6, 6.07) is 8.87. The zero-order chi connectivity index (χ0) is 27.3. The van der Waals surface area contributed by atoms with Crippen molar-refractivity contribution in [3.05, 3.63) is 61.6 Å². The zero-order valence-corrected chi connectivity index (χ0v) is 23.6. The molecule has 2 fully saturated rings. The van der Waals surface area contributed by atoms with E-state index in [4.69, 9.17) is 23.2 Å². The summed E-state index contributed by atoms with van der Waals surface area (Å²) in [5.41, 5.74) is 0.440. The molecular formula is C25H28Cl2N4O5S2. The summed E-state index contributed by atoms with van der Waals surface area (Å²) in [6.45, 7) is 1.05. The van der Waals surface area contributed by atoms with E-state index in [0.29, 0.717) is 45.7 Å². The number of likely N-dealkylation sites (tertiary alicyclic amines) is 2. The first-order chi connectivity index (χ1) is 18.1. The molecule has 38 heavy (non-hydrogen) atoms. The number of hydrogen-bond donors (Lipinski definition) is 2. The quantitative estimate of drug-likeness (QED) is 0.459. The van der Waals surface area contributed by atoms with Crippen molar-refractivity contribution in [2.45, 2.75) is 37.8 Å². The molecule has 2 aromatic rings. The third-order valence-corrected chi connectivity index (χ3v) is 8.99. The summed E-state index contributed by atoms with van der Waals surface area (Å²) in [5, 5.41) is 4.34. The lowest BCUT2D eigenvalue weighted by Gasteiger charge is -2.34. The fourth-order valence-corrected chi connectivity index (χ4v) is 6.85. The van der Waals surface area contributed by atoms with E-state index in [-0.39, 0.29) is 30.9 Å². The van der Waals surface area contributed by atoms with Crippen molar-refractivity contribution in [3.8, 4) is 0 Å². The molecule has 4 rings (SSSR count). The van der Waals surface area contributed by atoms with Crippen LogP contribution in [0.2, 0.25) is 9.36 Å². The molecule has 204 valence electrons. The number of nitrogens with zero attached hydrogens (tertiary/aromatic N) is 2. The van der Waals surface area contributed by atoms with Gasteiger partial charge < -0.3 is 15.1 Å². The topological polar surface area (TPSA) is 116 Å². The maximum atomic E-state index is 13.1. The highest BCUT2D eigenvalue weighted by molar-refractivity contribution is 7.92. The summed E-state index contributed by atoms with van der Waals surface area (Å²) >= 11 is 13.1. The first-order valence-electron chi connectivity index (χ1n) is 12.2. The summed E-state index contributed by atoms with van der Waals surface area (Å²) in [6.07, 6.45) is 3.87. The van der Waals surface area contributed by atoms with Crippen LogP contribution in [0.5, 0.6) is 0 Å². The number of piperidine rings is 1. The largest absolute Gasteiger partial charge is 0.350 e. The van der Waals surface area contributed by atoms with E-state index in [9.17, 15) is 22.8 Å². The number of hydrogen-bond acceptors (Lipinski definition) is 6. The minimum absolute atomic E-state index is 0.140. The molecule has 9 nitrogen and oxygen atoms in total. The van der Waals surface area contributed by atoms with E-state index in [2.05, 4.69) is 10.0 Å². The first-order valence-corrected chi connectivity index (χ1v) is 15.3. The molecule has 2 atom stereocenters. The van der Waals surface area contributed by atoms with Crippen LogP contribution in [0.4, 0.5) is 0 Å². The van der Waals surface area contributed by atoms with Gasteiger partial charge in [0.05, 0.1) is 10.9 Å². The van der Waals surface area contributed by atoms with E-state index in [0.717, 1.165) is 18.2 Å². The highest BCUT2D eigenvalue weighted by atomic mass is 35.5.